The summed E-state index contributed by atoms with van der Waals surface area (Å²) in [5.74, 6) is 0.577. The Kier molecular flexibility index (Phi) is 1.68. The highest BCUT2D eigenvalue weighted by Crippen LogP contribution is 2.32. The van der Waals surface area contributed by atoms with Crippen LogP contribution >= 0.6 is 0 Å². The van der Waals surface area contributed by atoms with Crippen LogP contribution in [-0.4, -0.2) is 10.8 Å². The molecule has 1 fully saturated rings. The van der Waals surface area contributed by atoms with E-state index < -0.39 is 0 Å². The van der Waals surface area contributed by atoms with Crippen LogP contribution in [0.5, 0.6) is 0 Å². The van der Waals surface area contributed by atoms with Crippen molar-refractivity contribution in [3.05, 3.63) is 29.6 Å². The molecule has 1 saturated carbocycles. The predicted octanol–water partition coefficient (Wildman–Crippen LogP) is 1.98. The zero-order valence-corrected chi connectivity index (χ0v) is 7.08. The number of carbonyl (C=O) groups excluding carboxylic acids is 1. The van der Waals surface area contributed by atoms with Crippen molar-refractivity contribution in [2.45, 2.75) is 19.8 Å². The molecule has 0 aromatic carbocycles. The Balaban J connectivity index is 2.32. The minimum absolute atomic E-state index is 0.278. The second-order valence-corrected chi connectivity index (χ2v) is 3.33. The Bertz CT molecular complexity index is 315. The van der Waals surface area contributed by atoms with Gasteiger partial charge in [0.2, 0.25) is 0 Å². The van der Waals surface area contributed by atoms with E-state index in [2.05, 4.69) is 4.98 Å². The number of ketones is 1. The molecule has 0 N–H and O–H groups in total. The molecule has 2 heteroatoms. The highest BCUT2D eigenvalue weighted by molar-refractivity contribution is 6.00. The summed E-state index contributed by atoms with van der Waals surface area (Å²) in [6.45, 7) is 1.96. The van der Waals surface area contributed by atoms with Crippen LogP contribution in [0.15, 0.2) is 18.5 Å². The molecule has 0 atom stereocenters. The first kappa shape index (κ1) is 7.47. The van der Waals surface area contributed by atoms with E-state index in [-0.39, 0.29) is 5.78 Å². The van der Waals surface area contributed by atoms with Crippen LogP contribution in [0.2, 0.25) is 0 Å². The lowest BCUT2D eigenvalue weighted by atomic mass is 10.1. The molecule has 2 nitrogen and oxygen atoms in total. The van der Waals surface area contributed by atoms with Crippen molar-refractivity contribution >= 4 is 5.78 Å². The number of carbonyl (C=O) groups is 1. The first-order chi connectivity index (χ1) is 5.79. The second kappa shape index (κ2) is 2.70. The lowest BCUT2D eigenvalue weighted by molar-refractivity contribution is 0.0966. The van der Waals surface area contributed by atoms with Crippen LogP contribution in [-0.2, 0) is 0 Å². The summed E-state index contributed by atoms with van der Waals surface area (Å²) in [6.07, 6.45) is 5.52. The normalized spacial score (nSPS) is 16.1. The fourth-order valence-electron chi connectivity index (χ4n) is 1.29. The van der Waals surface area contributed by atoms with Gasteiger partial charge in [0.05, 0.1) is 0 Å². The highest BCUT2D eigenvalue weighted by atomic mass is 16.1. The molecule has 0 bridgehead atoms. The Morgan fingerprint density at radius 3 is 2.92 bits per heavy atom. The van der Waals surface area contributed by atoms with Crippen LogP contribution in [0.4, 0.5) is 0 Å². The van der Waals surface area contributed by atoms with Gasteiger partial charge in [-0.1, -0.05) is 0 Å². The predicted molar refractivity (Wildman–Crippen MR) is 46.0 cm³/mol. The molecule has 1 aromatic heterocycles. The van der Waals surface area contributed by atoms with E-state index in [1.165, 1.54) is 0 Å². The SMILES string of the molecule is Cc1ccncc1C(=O)C1CC1. The molecule has 0 saturated heterocycles. The average Bonchev–Trinajstić information content (AvgIpc) is 2.86. The number of aromatic nitrogens is 1. The van der Waals surface area contributed by atoms with E-state index in [1.807, 2.05) is 13.0 Å². The molecule has 0 amide bonds. The molecule has 0 aliphatic heterocycles. The first-order valence-corrected chi connectivity index (χ1v) is 4.24. The molecule has 12 heavy (non-hydrogen) atoms. The third-order valence-corrected chi connectivity index (χ3v) is 2.25. The highest BCUT2D eigenvalue weighted by Gasteiger charge is 2.31. The van der Waals surface area contributed by atoms with Gasteiger partial charge in [-0.2, -0.15) is 0 Å². The first-order valence-electron chi connectivity index (χ1n) is 4.24. The van der Waals surface area contributed by atoms with Crippen LogP contribution in [0.3, 0.4) is 0 Å². The van der Waals surface area contributed by atoms with Crippen molar-refractivity contribution in [1.29, 1.82) is 0 Å². The second-order valence-electron chi connectivity index (χ2n) is 3.33. The van der Waals surface area contributed by atoms with Gasteiger partial charge in [-0.25, -0.2) is 0 Å². The Morgan fingerprint density at radius 2 is 2.33 bits per heavy atom. The third kappa shape index (κ3) is 1.24. The number of hydrogen-bond acceptors (Lipinski definition) is 2. The standard InChI is InChI=1S/C10H11NO/c1-7-4-5-11-6-9(7)10(12)8-2-3-8/h4-6,8H,2-3H2,1H3. The van der Waals surface area contributed by atoms with Gasteiger partial charge < -0.3 is 0 Å². The molecule has 0 unspecified atom stereocenters. The van der Waals surface area contributed by atoms with Gasteiger partial charge in [-0.15, -0.1) is 0 Å². The van der Waals surface area contributed by atoms with Gasteiger partial charge in [0.25, 0.3) is 0 Å². The summed E-state index contributed by atoms with van der Waals surface area (Å²) >= 11 is 0. The molecule has 1 heterocycles. The van der Waals surface area contributed by atoms with Crippen molar-refractivity contribution in [2.24, 2.45) is 5.92 Å². The van der Waals surface area contributed by atoms with Crippen LogP contribution in [0.25, 0.3) is 0 Å². The fraction of sp³-hybridized carbons (Fsp3) is 0.400. The van der Waals surface area contributed by atoms with Crippen molar-refractivity contribution < 1.29 is 4.79 Å². The lowest BCUT2D eigenvalue weighted by Crippen LogP contribution is -2.03. The Morgan fingerprint density at radius 1 is 1.58 bits per heavy atom. The van der Waals surface area contributed by atoms with E-state index in [0.29, 0.717) is 5.92 Å². The summed E-state index contributed by atoms with van der Waals surface area (Å²) in [5, 5.41) is 0. The van der Waals surface area contributed by atoms with Crippen LogP contribution in [0, 0.1) is 12.8 Å². The number of pyridine rings is 1. The number of nitrogens with zero attached hydrogens (tertiary/aromatic N) is 1. The van der Waals surface area contributed by atoms with Gasteiger partial charge in [-0.05, 0) is 31.4 Å². The third-order valence-electron chi connectivity index (χ3n) is 2.25. The summed E-state index contributed by atoms with van der Waals surface area (Å²) in [4.78, 5) is 15.5. The minimum Gasteiger partial charge on any atom is -0.294 e. The summed E-state index contributed by atoms with van der Waals surface area (Å²) in [7, 11) is 0. The zero-order valence-electron chi connectivity index (χ0n) is 7.08. The quantitative estimate of drug-likeness (QED) is 0.621. The maximum atomic E-state index is 11.6. The smallest absolute Gasteiger partial charge is 0.167 e. The Hall–Kier alpha value is -1.18. The molecular formula is C10H11NO. The molecule has 0 spiro atoms. The molecule has 1 aromatic rings. The van der Waals surface area contributed by atoms with Gasteiger partial charge in [-0.3, -0.25) is 9.78 Å². The molecule has 2 rings (SSSR count). The average molecular weight is 161 g/mol. The van der Waals surface area contributed by atoms with Crippen molar-refractivity contribution in [3.8, 4) is 0 Å². The van der Waals surface area contributed by atoms with E-state index in [0.717, 1.165) is 24.0 Å². The zero-order chi connectivity index (χ0) is 8.55. The lowest BCUT2D eigenvalue weighted by Gasteiger charge is -2.00. The molecule has 62 valence electrons. The van der Waals surface area contributed by atoms with E-state index >= 15 is 0 Å². The van der Waals surface area contributed by atoms with E-state index in [9.17, 15) is 4.79 Å². The summed E-state index contributed by atoms with van der Waals surface area (Å²) in [5.41, 5.74) is 1.85. The number of hydrogen-bond donors (Lipinski definition) is 0. The van der Waals surface area contributed by atoms with Crippen molar-refractivity contribution in [2.75, 3.05) is 0 Å². The van der Waals surface area contributed by atoms with Crippen LogP contribution in [0.1, 0.15) is 28.8 Å². The number of Topliss-reactive ketones (excluding diaryl/α,β-unsaturated/α-hetero) is 1. The van der Waals surface area contributed by atoms with Crippen molar-refractivity contribution in [3.63, 3.8) is 0 Å². The summed E-state index contributed by atoms with van der Waals surface area (Å²) < 4.78 is 0. The molecular weight excluding hydrogens is 150 g/mol. The maximum absolute atomic E-state index is 11.6. The monoisotopic (exact) mass is 161 g/mol. The fourth-order valence-corrected chi connectivity index (χ4v) is 1.29. The minimum atomic E-state index is 0.278. The van der Waals surface area contributed by atoms with Crippen LogP contribution < -0.4 is 0 Å². The van der Waals surface area contributed by atoms with E-state index in [4.69, 9.17) is 0 Å². The van der Waals surface area contributed by atoms with Gasteiger partial charge in [0, 0.05) is 23.9 Å². The molecule has 1 aliphatic rings. The van der Waals surface area contributed by atoms with Gasteiger partial charge in [0.15, 0.2) is 5.78 Å². The molecule has 1 aliphatic carbocycles. The van der Waals surface area contributed by atoms with Gasteiger partial charge in [0.1, 0.15) is 0 Å². The summed E-state index contributed by atoms with van der Waals surface area (Å²) in [6, 6.07) is 1.88. The topological polar surface area (TPSA) is 30.0 Å². The molecule has 0 radical (unpaired) electrons. The largest absolute Gasteiger partial charge is 0.294 e. The van der Waals surface area contributed by atoms with E-state index in [1.54, 1.807) is 12.4 Å². The Labute approximate surface area is 71.6 Å². The maximum Gasteiger partial charge on any atom is 0.167 e. The van der Waals surface area contributed by atoms with Gasteiger partial charge >= 0.3 is 0 Å². The van der Waals surface area contributed by atoms with Crippen molar-refractivity contribution in [1.82, 2.24) is 4.98 Å². The number of aryl methyl sites for hydroxylation is 1. The number of rotatable bonds is 2.